The molecule has 42 heavy (non-hydrogen) atoms. The number of nitrogens with one attached hydrogen (secondary N) is 3. The molecule has 0 aliphatic carbocycles. The molecule has 228 valence electrons. The highest BCUT2D eigenvalue weighted by Gasteiger charge is 2.41. The van der Waals surface area contributed by atoms with Crippen LogP contribution in [0.4, 0.5) is 5.95 Å². The molecule has 0 spiro atoms. The smallest absolute Gasteiger partial charge is 0.488 e. The maximum atomic E-state index is 12.6. The fourth-order valence-electron chi connectivity index (χ4n) is 4.27. The number of benzene rings is 1. The number of H-pyrrole nitrogens is 1. The summed E-state index contributed by atoms with van der Waals surface area (Å²) in [4.78, 5) is 60.6. The monoisotopic (exact) mass is 605 g/mol. The number of amides is 1. The van der Waals surface area contributed by atoms with Crippen LogP contribution in [0.3, 0.4) is 0 Å². The van der Waals surface area contributed by atoms with Crippen LogP contribution in [0.1, 0.15) is 57.6 Å². The van der Waals surface area contributed by atoms with E-state index in [1.165, 1.54) is 30.5 Å². The number of carbonyl (C=O) groups is 2. The number of aromatic nitrogens is 4. The Morgan fingerprint density at radius 2 is 1.88 bits per heavy atom. The summed E-state index contributed by atoms with van der Waals surface area (Å²) in [6, 6.07) is 8.29. The molecule has 1 aliphatic heterocycles. The largest absolute Gasteiger partial charge is 0.566 e. The first-order chi connectivity index (χ1) is 20.1. The van der Waals surface area contributed by atoms with Crippen LogP contribution < -0.4 is 20.7 Å². The van der Waals surface area contributed by atoms with Gasteiger partial charge in [-0.15, -0.1) is 4.52 Å². The number of aromatic amines is 1. The van der Waals surface area contributed by atoms with E-state index in [1.807, 2.05) is 0 Å². The number of rotatable bonds is 11. The highest BCUT2D eigenvalue weighted by Crippen LogP contribution is 2.34. The predicted molar refractivity (Wildman–Crippen MR) is 152 cm³/mol. The van der Waals surface area contributed by atoms with Gasteiger partial charge in [0.1, 0.15) is 25.0 Å². The van der Waals surface area contributed by atoms with Crippen molar-refractivity contribution >= 4 is 37.2 Å². The molecule has 0 bridgehead atoms. The van der Waals surface area contributed by atoms with Crippen LogP contribution in [0.5, 0.6) is 0 Å². The molecule has 3 heterocycles. The van der Waals surface area contributed by atoms with Gasteiger partial charge in [-0.25, -0.2) is 9.78 Å². The minimum atomic E-state index is -3.15. The lowest BCUT2D eigenvalue weighted by Crippen LogP contribution is -3.11. The van der Waals surface area contributed by atoms with Gasteiger partial charge in [0.05, 0.1) is 31.5 Å². The van der Waals surface area contributed by atoms with E-state index in [4.69, 9.17) is 14.0 Å². The molecule has 1 unspecified atom stereocenters. The summed E-state index contributed by atoms with van der Waals surface area (Å²) in [7, 11) is -3.15. The Hall–Kier alpha value is -3.55. The zero-order valence-corrected chi connectivity index (χ0v) is 25.3. The maximum absolute atomic E-state index is 12.6. The number of esters is 1. The fourth-order valence-corrected chi connectivity index (χ4v) is 4.54. The van der Waals surface area contributed by atoms with Crippen molar-refractivity contribution < 1.29 is 37.9 Å². The molecule has 1 saturated heterocycles. The predicted octanol–water partition coefficient (Wildman–Crippen LogP) is 1.19. The number of anilines is 1. The molecule has 2 aromatic heterocycles. The van der Waals surface area contributed by atoms with Crippen molar-refractivity contribution in [3.05, 3.63) is 52.6 Å². The molecule has 1 fully saturated rings. The Balaban J connectivity index is 0.000000616. The second kappa shape index (κ2) is 15.6. The van der Waals surface area contributed by atoms with Gasteiger partial charge in [0.15, 0.2) is 11.2 Å². The summed E-state index contributed by atoms with van der Waals surface area (Å²) in [6.45, 7) is 13.5. The number of imidazole rings is 1. The summed E-state index contributed by atoms with van der Waals surface area (Å²) in [5.74, 6) is -1.35. The molecule has 1 aromatic carbocycles. The molecule has 1 aliphatic rings. The fraction of sp³-hybridized carbons (Fsp3) is 0.519. The molecule has 1 amide bonds. The van der Waals surface area contributed by atoms with Crippen molar-refractivity contribution in [1.82, 2.24) is 19.5 Å². The molecule has 14 nitrogen and oxygen atoms in total. The third-order valence-electron chi connectivity index (χ3n) is 6.80. The Morgan fingerprint density at radius 3 is 2.45 bits per heavy atom. The number of hydrogen-bond acceptors (Lipinski definition) is 10. The summed E-state index contributed by atoms with van der Waals surface area (Å²) in [5.41, 5.74) is -0.114. The van der Waals surface area contributed by atoms with Crippen molar-refractivity contribution in [2.75, 3.05) is 31.6 Å². The first-order valence-corrected chi connectivity index (χ1v) is 15.0. The number of ether oxygens (including phenoxy) is 2. The highest BCUT2D eigenvalue weighted by molar-refractivity contribution is 7.30. The summed E-state index contributed by atoms with van der Waals surface area (Å²) in [5, 5.41) is 2.53. The lowest BCUT2D eigenvalue weighted by Gasteiger charge is -2.16. The molecule has 0 saturated carbocycles. The Bertz CT molecular complexity index is 1400. The summed E-state index contributed by atoms with van der Waals surface area (Å²) < 4.78 is 28.6. The quantitative estimate of drug-likeness (QED) is 0.212. The van der Waals surface area contributed by atoms with Gasteiger partial charge in [-0.3, -0.25) is 24.5 Å². The first kappa shape index (κ1) is 33.0. The second-order valence-corrected chi connectivity index (χ2v) is 10.6. The van der Waals surface area contributed by atoms with Gasteiger partial charge in [0.25, 0.3) is 5.56 Å². The van der Waals surface area contributed by atoms with Crippen LogP contribution in [0.15, 0.2) is 41.5 Å². The molecular weight excluding hydrogens is 567 g/mol. The third-order valence-corrected chi connectivity index (χ3v) is 7.16. The van der Waals surface area contributed by atoms with E-state index in [0.717, 1.165) is 0 Å². The number of quaternary nitrogens is 1. The van der Waals surface area contributed by atoms with E-state index in [2.05, 4.69) is 41.0 Å². The van der Waals surface area contributed by atoms with Crippen LogP contribution in [0.2, 0.25) is 0 Å². The minimum Gasteiger partial charge on any atom is -0.566 e. The van der Waals surface area contributed by atoms with Gasteiger partial charge in [-0.2, -0.15) is 4.98 Å². The van der Waals surface area contributed by atoms with Crippen LogP contribution in [0.25, 0.3) is 11.2 Å². The number of hydrogen-bond donors (Lipinski definition) is 3. The minimum absolute atomic E-state index is 0.0105. The topological polar surface area (TPSA) is 182 Å². The molecule has 0 radical (unpaired) electrons. The second-order valence-electron chi connectivity index (χ2n) is 9.89. The average Bonchev–Trinajstić information content (AvgIpc) is 3.57. The van der Waals surface area contributed by atoms with Crippen molar-refractivity contribution in [2.45, 2.75) is 59.5 Å². The van der Waals surface area contributed by atoms with Gasteiger partial charge < -0.3 is 19.3 Å². The third kappa shape index (κ3) is 8.73. The summed E-state index contributed by atoms with van der Waals surface area (Å²) >= 11 is 0. The zero-order valence-electron chi connectivity index (χ0n) is 24.4. The SMILES string of the molecule is CC(C)C(=O)Nc1nc2c(ncn2[C@H]2C[C@H](OC(=O)c3ccccc3)[C@@H](CO[P+](=O)[O-])O2)c(=O)[nH]1.CC[NH+](CC)CC. The van der Waals surface area contributed by atoms with Crippen LogP contribution in [-0.4, -0.2) is 69.8 Å². The number of carbonyl (C=O) groups excluding carboxylic acids is 2. The summed E-state index contributed by atoms with van der Waals surface area (Å²) in [6.07, 6.45) is -1.15. The number of fused-ring (bicyclic) bond motifs is 1. The molecule has 3 aromatic rings. The standard InChI is InChI=1S/C21H22N5O8P.C6H15N/c1-11(2)18(27)24-21-23-17-16(19(28)25-21)22-10-26(17)15-8-13(14(33-15)9-32-35(30)31)34-20(29)12-6-4-3-5-7-12;1-4-7(5-2)6-3/h3-7,10-11,13-15H,8-9H2,1-2H3,(H2,23,24,25,27,28);4-6H2,1-3H3/p+1/t13-,14+,15+;/m0./s1. The Labute approximate surface area is 244 Å². The molecule has 4 rings (SSSR count). The van der Waals surface area contributed by atoms with Gasteiger partial charge >= 0.3 is 14.2 Å². The van der Waals surface area contributed by atoms with Gasteiger partial charge in [-0.1, -0.05) is 32.0 Å². The number of nitrogens with zero attached hydrogens (tertiary/aromatic N) is 3. The van der Waals surface area contributed by atoms with E-state index in [9.17, 15) is 23.8 Å². The van der Waals surface area contributed by atoms with E-state index in [-0.39, 0.29) is 42.0 Å². The van der Waals surface area contributed by atoms with E-state index >= 15 is 0 Å². The van der Waals surface area contributed by atoms with Crippen molar-refractivity contribution in [1.29, 1.82) is 0 Å². The molecule has 4 atom stereocenters. The van der Waals surface area contributed by atoms with Crippen molar-refractivity contribution in [3.8, 4) is 0 Å². The van der Waals surface area contributed by atoms with E-state index in [1.54, 1.807) is 49.1 Å². The van der Waals surface area contributed by atoms with Crippen molar-refractivity contribution in [2.24, 2.45) is 5.92 Å². The molecule has 15 heteroatoms. The Kier molecular flexibility index (Phi) is 12.3. The average molecular weight is 606 g/mol. The normalized spacial score (nSPS) is 18.6. The Morgan fingerprint density at radius 1 is 1.21 bits per heavy atom. The van der Waals surface area contributed by atoms with Crippen LogP contribution in [-0.2, 0) is 23.4 Å². The first-order valence-electron chi connectivity index (χ1n) is 13.9. The lowest BCUT2D eigenvalue weighted by molar-refractivity contribution is -0.894. The molecular formula is C27H38N6O8P+. The van der Waals surface area contributed by atoms with Crippen LogP contribution in [0, 0.1) is 5.92 Å². The lowest BCUT2D eigenvalue weighted by atomic mass is 10.1. The van der Waals surface area contributed by atoms with Gasteiger partial charge in [0, 0.05) is 12.3 Å². The van der Waals surface area contributed by atoms with Crippen molar-refractivity contribution in [3.63, 3.8) is 0 Å². The van der Waals surface area contributed by atoms with Gasteiger partial charge in [0.2, 0.25) is 11.9 Å². The van der Waals surface area contributed by atoms with E-state index < -0.39 is 38.2 Å². The molecule has 3 N–H and O–H groups in total. The highest BCUT2D eigenvalue weighted by atomic mass is 31.1. The van der Waals surface area contributed by atoms with Gasteiger partial charge in [-0.05, 0) is 37.5 Å². The maximum Gasteiger partial charge on any atom is 0.488 e. The van der Waals surface area contributed by atoms with Crippen LogP contribution >= 0.6 is 8.25 Å². The zero-order chi connectivity index (χ0) is 30.8. The van der Waals surface area contributed by atoms with E-state index in [0.29, 0.717) is 5.56 Å².